The first-order valence-electron chi connectivity index (χ1n) is 25.7. The van der Waals surface area contributed by atoms with Crippen molar-refractivity contribution in [1.82, 2.24) is 0 Å². The van der Waals surface area contributed by atoms with E-state index in [0.717, 1.165) is 30.3 Å². The molecule has 0 saturated heterocycles. The second-order valence-electron chi connectivity index (χ2n) is 19.6. The van der Waals surface area contributed by atoms with E-state index in [1.807, 2.05) is 0 Å². The van der Waals surface area contributed by atoms with Crippen LogP contribution in [0.2, 0.25) is 0 Å². The van der Waals surface area contributed by atoms with E-state index in [9.17, 15) is 190 Å². The van der Waals surface area contributed by atoms with Gasteiger partial charge in [0.05, 0.1) is 170 Å². The average Bonchev–Trinajstić information content (AvgIpc) is 0.756. The van der Waals surface area contributed by atoms with E-state index in [1.54, 1.807) is 0 Å². The van der Waals surface area contributed by atoms with Gasteiger partial charge in [-0.05, 0) is 59.0 Å². The molecule has 0 bridgehead atoms. The van der Waals surface area contributed by atoms with Gasteiger partial charge in [-0.2, -0.15) is 190 Å². The molecule has 40 heteroatoms. The van der Waals surface area contributed by atoms with E-state index >= 15 is 0 Å². The van der Waals surface area contributed by atoms with Gasteiger partial charge in [-0.25, -0.2) is 0 Å². The van der Waals surface area contributed by atoms with Gasteiger partial charge in [0.2, 0.25) is 0 Å². The number of rotatable bonds is 4. The van der Waals surface area contributed by atoms with Gasteiger partial charge in [0.15, 0.2) is 0 Å². The van der Waals surface area contributed by atoms with E-state index in [1.165, 1.54) is 42.5 Å². The third kappa shape index (κ3) is 14.7. The van der Waals surface area contributed by atoms with Gasteiger partial charge in [-0.3, -0.25) is 0 Å². The van der Waals surface area contributed by atoms with Crippen LogP contribution in [0.5, 0.6) is 0 Å². The summed E-state index contributed by atoms with van der Waals surface area (Å²) in [6.07, 6.45) is -46.4. The Morgan fingerprint density at radius 2 is 0.423 bits per heavy atom. The summed E-state index contributed by atoms with van der Waals surface area (Å²) in [5.74, 6) is 0. The Hall–Kier alpha value is -15.0. The molecule has 6 rings (SSSR count). The van der Waals surface area contributed by atoms with Gasteiger partial charge >= 0.3 is 49.4 Å². The molecule has 512 valence electrons. The molecule has 6 aromatic rings. The molecule has 0 fully saturated rings. The molecule has 16 nitrogen and oxygen atoms in total. The molecule has 0 spiro atoms. The highest BCUT2D eigenvalue weighted by Crippen LogP contribution is 2.49. The van der Waals surface area contributed by atoms with Crippen LogP contribution in [0.1, 0.15) is 134 Å². The van der Waals surface area contributed by atoms with E-state index < -0.39 is 226 Å². The van der Waals surface area contributed by atoms with Crippen LogP contribution in [-0.4, -0.2) is 0 Å². The average molecular weight is 1460 g/mol. The number of alkyl halides is 24. The highest BCUT2D eigenvalue weighted by atomic mass is 19.4. The molecule has 0 amide bonds. The van der Waals surface area contributed by atoms with Gasteiger partial charge in [-0.15, -0.1) is 0 Å². The van der Waals surface area contributed by atoms with Gasteiger partial charge in [0.25, 0.3) is 0 Å². The first-order chi connectivity index (χ1) is 48.0. The maximum absolute atomic E-state index is 14.3. The Labute approximate surface area is 559 Å². The summed E-state index contributed by atoms with van der Waals surface area (Å²) in [4.78, 5) is 0. The lowest BCUT2D eigenvalue weighted by Crippen LogP contribution is -2.25. The van der Waals surface area contributed by atoms with Crippen LogP contribution in [0.25, 0.3) is 22.3 Å². The van der Waals surface area contributed by atoms with Crippen LogP contribution < -0.4 is 20.9 Å². The van der Waals surface area contributed by atoms with Crippen LogP contribution >= 0.6 is 0 Å². The normalized spacial score (nSPS) is 11.3. The number of benzene rings is 6. The zero-order valence-corrected chi connectivity index (χ0v) is 48.8. The fourth-order valence-corrected chi connectivity index (χ4v) is 10.1. The number of halogens is 24. The summed E-state index contributed by atoms with van der Waals surface area (Å²) in [6.45, 7) is 0. The zero-order valence-electron chi connectivity index (χ0n) is 48.8. The first kappa shape index (κ1) is 79.6. The van der Waals surface area contributed by atoms with Crippen LogP contribution in [-0.2, 0) is 49.4 Å². The number of hydrogen-bond donors (Lipinski definition) is 0. The van der Waals surface area contributed by atoms with E-state index in [-0.39, 0.29) is 24.3 Å². The molecule has 0 aliphatic heterocycles. The van der Waals surface area contributed by atoms with Crippen LogP contribution in [0.15, 0.2) is 48.5 Å². The molecular weight excluding hydrogens is 1450 g/mol. The molecule has 0 atom stereocenters. The van der Waals surface area contributed by atoms with Crippen LogP contribution in [0, 0.1) is 181 Å². The molecule has 0 aromatic heterocycles. The second-order valence-corrected chi connectivity index (χ2v) is 19.6. The monoisotopic (exact) mass is 1460 g/mol. The first-order valence-corrected chi connectivity index (χ1v) is 25.7. The molecule has 0 unspecified atom stereocenters. The van der Waals surface area contributed by atoms with Crippen molar-refractivity contribution in [1.29, 1.82) is 84.2 Å². The van der Waals surface area contributed by atoms with Crippen molar-refractivity contribution in [3.8, 4) is 97.1 Å². The maximum atomic E-state index is 14.3. The summed E-state index contributed by atoms with van der Waals surface area (Å²) in [7, 11) is 0. The van der Waals surface area contributed by atoms with Crippen molar-refractivity contribution in [2.75, 3.05) is 0 Å². The van der Waals surface area contributed by atoms with Crippen molar-refractivity contribution in [3.63, 3.8) is 0 Å². The summed E-state index contributed by atoms with van der Waals surface area (Å²) < 4.78 is 336. The van der Waals surface area contributed by atoms with Crippen molar-refractivity contribution < 1.29 is 105 Å². The summed E-state index contributed by atoms with van der Waals surface area (Å²) in [6, 6.07) is 17.5. The predicted octanol–water partition coefficient (Wildman–Crippen LogP) is 12.9. The fourth-order valence-electron chi connectivity index (χ4n) is 10.1. The van der Waals surface area contributed by atoms with Gasteiger partial charge in [-0.1, -0.05) is 0 Å². The molecule has 104 heavy (non-hydrogen) atoms. The fraction of sp³-hybridized carbons (Fsp3) is 0.125. The highest BCUT2D eigenvalue weighted by Gasteiger charge is 2.50. The summed E-state index contributed by atoms with van der Waals surface area (Å²) >= 11 is 0. The van der Waals surface area contributed by atoms with Crippen molar-refractivity contribution in [2.45, 2.75) is 49.4 Å². The molecule has 0 radical (unpaired) electrons. The minimum absolute atomic E-state index is 0.0610. The lowest BCUT2D eigenvalue weighted by molar-refractivity contribution is -0.145. The summed E-state index contributed by atoms with van der Waals surface area (Å²) in [5.41, 5.74) is -50.1. The van der Waals surface area contributed by atoms with E-state index in [0.29, 0.717) is 48.5 Å². The number of nitriles is 16. The lowest BCUT2D eigenvalue weighted by atomic mass is 9.85. The predicted molar refractivity (Wildman–Crippen MR) is 286 cm³/mol. The molecule has 0 saturated carbocycles. The largest absolute Gasteiger partial charge is 0.419 e. The van der Waals surface area contributed by atoms with Crippen molar-refractivity contribution >= 4 is 22.3 Å². The summed E-state index contributed by atoms with van der Waals surface area (Å²) in [5, 5.41) is 150. The Bertz CT molecular complexity index is 5740. The zero-order chi connectivity index (χ0) is 79.4. The molecule has 6 aromatic carbocycles. The maximum Gasteiger partial charge on any atom is 0.419 e. The van der Waals surface area contributed by atoms with Crippen LogP contribution in [0.3, 0.4) is 0 Å². The highest BCUT2D eigenvalue weighted by molar-refractivity contribution is 5.88. The Morgan fingerprint density at radius 3 is 0.635 bits per heavy atom. The van der Waals surface area contributed by atoms with Crippen molar-refractivity contribution in [2.24, 2.45) is 0 Å². The topological polar surface area (TPSA) is 381 Å². The minimum atomic E-state index is -5.90. The Kier molecular flexibility index (Phi) is 21.8. The quantitative estimate of drug-likeness (QED) is 0.148. The van der Waals surface area contributed by atoms with Gasteiger partial charge < -0.3 is 0 Å². The molecule has 0 aliphatic carbocycles. The smallest absolute Gasteiger partial charge is 0.192 e. The van der Waals surface area contributed by atoms with Gasteiger partial charge in [0, 0.05) is 32.7 Å². The molecular formula is C64H8F24N16. The Morgan fingerprint density at radius 1 is 0.202 bits per heavy atom. The van der Waals surface area contributed by atoms with Crippen molar-refractivity contribution in [3.05, 3.63) is 203 Å². The lowest BCUT2D eigenvalue weighted by Gasteiger charge is -2.20. The van der Waals surface area contributed by atoms with Gasteiger partial charge in [0.1, 0.15) is 60.7 Å². The van der Waals surface area contributed by atoms with E-state index in [2.05, 4.69) is 0 Å². The molecule has 0 aliphatic rings. The van der Waals surface area contributed by atoms with Crippen LogP contribution in [0.4, 0.5) is 105 Å². The third-order valence-electron chi connectivity index (χ3n) is 13.9. The Balaban J connectivity index is 0.000000374. The number of nitrogens with zero attached hydrogens (tertiary/aromatic N) is 16. The standard InChI is InChI=1S/2C32H4F12N8/c33-29(34,35)24-3-16(20(9-49)27(22(24)11-51)31(39,40)41)18(7-47)13-1-14(5-45)26(15(2-13)6-46)19(8-48)17-4-25(30(36,37)38)23(12-52)28(21(17)10-50)32(42,43)44;33-29(34,35)25-16(7-47)3-18(27(22(25)11-51)31(39,40)41)20(9-49)13-1-14(5-45)24(15(2-13)6-46)21(10-50)19-4-17(8-48)26(30(36,37)38)23(12-52)28(19)32(42,43)44/h2*1-4H. The minimum Gasteiger partial charge on any atom is -0.192 e. The van der Waals surface area contributed by atoms with E-state index in [4.69, 9.17) is 0 Å². The third-order valence-corrected chi connectivity index (χ3v) is 13.9. The number of hydrogen-bond acceptors (Lipinski definition) is 16. The SMILES string of the molecule is N#CC(c1cc(C#N)c(C(F)(F)F)c(C#N)c1C(F)(F)F)=c1cc(C#N)c(=C(C#N)c2cc(C#N)c(C(F)(F)F)c(C#N)c2C(F)(F)F)c(C#N)c1.N#CC(c1cc(C(F)(F)F)c(C#N)c(C(F)(F)F)c1C#N)=c1cc(C#N)c(=C(C#N)c2cc(C(F)(F)F)c(C#N)c(C(F)(F)F)c2C#N)c(C#N)c1. The molecule has 0 N–H and O–H groups in total. The second kappa shape index (κ2) is 28.4. The molecule has 0 heterocycles.